The van der Waals surface area contributed by atoms with Crippen molar-refractivity contribution in [3.05, 3.63) is 0 Å². The molecule has 1 saturated carbocycles. The van der Waals surface area contributed by atoms with E-state index < -0.39 is 6.09 Å². The molecule has 4 N–H and O–H groups in total. The Balaban J connectivity index is 2.35. The third-order valence-corrected chi connectivity index (χ3v) is 2.02. The second-order valence-electron chi connectivity index (χ2n) is 2.92. The topological polar surface area (TPSA) is 78.3 Å². The van der Waals surface area contributed by atoms with Crippen molar-refractivity contribution >= 4 is 6.09 Å². The second-order valence-corrected chi connectivity index (χ2v) is 2.92. The zero-order chi connectivity index (χ0) is 8.27. The number of rotatable bonds is 1. The Labute approximate surface area is 65.9 Å². The van der Waals surface area contributed by atoms with E-state index in [1.807, 2.05) is 0 Å². The van der Waals surface area contributed by atoms with Gasteiger partial charge in [0.2, 0.25) is 0 Å². The molecule has 1 fully saturated rings. The van der Waals surface area contributed by atoms with Crippen molar-refractivity contribution in [2.24, 2.45) is 11.5 Å². The predicted octanol–water partition coefficient (Wildman–Crippen LogP) is 0.352. The molecule has 0 unspecified atom stereocenters. The maximum absolute atomic E-state index is 10.4. The number of carbonyl (C=O) groups excluding carboxylic acids is 1. The maximum Gasteiger partial charge on any atom is 0.404 e. The highest BCUT2D eigenvalue weighted by Crippen LogP contribution is 2.19. The normalized spacial score (nSPS) is 31.4. The highest BCUT2D eigenvalue weighted by molar-refractivity contribution is 5.64. The van der Waals surface area contributed by atoms with Gasteiger partial charge >= 0.3 is 6.09 Å². The number of amides is 1. The molecule has 0 aliphatic heterocycles. The first-order valence-electron chi connectivity index (χ1n) is 3.92. The zero-order valence-electron chi connectivity index (χ0n) is 6.45. The summed E-state index contributed by atoms with van der Waals surface area (Å²) in [5, 5.41) is 0. The number of carbonyl (C=O) groups is 1. The lowest BCUT2D eigenvalue weighted by Gasteiger charge is -2.27. The lowest BCUT2D eigenvalue weighted by atomic mass is 9.93. The van der Waals surface area contributed by atoms with Gasteiger partial charge in [-0.05, 0) is 19.3 Å². The summed E-state index contributed by atoms with van der Waals surface area (Å²) in [6.45, 7) is 0. The Hall–Kier alpha value is -0.770. The minimum Gasteiger partial charge on any atom is -0.445 e. The fraction of sp³-hybridized carbons (Fsp3) is 0.857. The van der Waals surface area contributed by atoms with E-state index in [9.17, 15) is 4.79 Å². The fourth-order valence-electron chi connectivity index (χ4n) is 1.42. The van der Waals surface area contributed by atoms with E-state index in [1.54, 1.807) is 0 Å². The van der Waals surface area contributed by atoms with Gasteiger partial charge < -0.3 is 16.2 Å². The van der Waals surface area contributed by atoms with Gasteiger partial charge in [-0.2, -0.15) is 0 Å². The summed E-state index contributed by atoms with van der Waals surface area (Å²) in [7, 11) is 0. The van der Waals surface area contributed by atoms with E-state index in [-0.39, 0.29) is 12.1 Å². The number of hydrogen-bond acceptors (Lipinski definition) is 3. The van der Waals surface area contributed by atoms with Crippen molar-refractivity contribution in [2.75, 3.05) is 0 Å². The first-order valence-corrected chi connectivity index (χ1v) is 3.92. The van der Waals surface area contributed by atoms with Crippen LogP contribution in [-0.4, -0.2) is 18.2 Å². The molecule has 0 aromatic carbocycles. The van der Waals surface area contributed by atoms with Crippen LogP contribution >= 0.6 is 0 Å². The highest BCUT2D eigenvalue weighted by Gasteiger charge is 2.24. The molecule has 64 valence electrons. The van der Waals surface area contributed by atoms with E-state index in [1.165, 1.54) is 0 Å². The molecule has 1 rings (SSSR count). The van der Waals surface area contributed by atoms with Crippen LogP contribution in [0.4, 0.5) is 4.79 Å². The predicted molar refractivity (Wildman–Crippen MR) is 40.9 cm³/mol. The summed E-state index contributed by atoms with van der Waals surface area (Å²) in [5.74, 6) is 0. The van der Waals surface area contributed by atoms with Gasteiger partial charge in [-0.3, -0.25) is 0 Å². The largest absolute Gasteiger partial charge is 0.445 e. The smallest absolute Gasteiger partial charge is 0.404 e. The Morgan fingerprint density at radius 1 is 1.36 bits per heavy atom. The van der Waals surface area contributed by atoms with E-state index in [0.717, 1.165) is 25.7 Å². The highest BCUT2D eigenvalue weighted by atomic mass is 16.6. The lowest BCUT2D eigenvalue weighted by Crippen LogP contribution is -2.41. The van der Waals surface area contributed by atoms with Crippen molar-refractivity contribution in [1.29, 1.82) is 0 Å². The van der Waals surface area contributed by atoms with E-state index in [4.69, 9.17) is 16.2 Å². The first kappa shape index (κ1) is 8.33. The molecule has 1 amide bonds. The van der Waals surface area contributed by atoms with Gasteiger partial charge in [0.15, 0.2) is 0 Å². The van der Waals surface area contributed by atoms with Crippen molar-refractivity contribution in [3.8, 4) is 0 Å². The van der Waals surface area contributed by atoms with E-state index in [0.29, 0.717) is 0 Å². The number of nitrogens with two attached hydrogens (primary N) is 2. The van der Waals surface area contributed by atoms with Crippen LogP contribution in [0.15, 0.2) is 0 Å². The molecule has 1 aliphatic rings. The molecule has 4 heteroatoms. The Morgan fingerprint density at radius 3 is 2.55 bits per heavy atom. The summed E-state index contributed by atoms with van der Waals surface area (Å²) >= 11 is 0. The molecule has 11 heavy (non-hydrogen) atoms. The van der Waals surface area contributed by atoms with Gasteiger partial charge in [0, 0.05) is 6.04 Å². The second kappa shape index (κ2) is 3.57. The van der Waals surface area contributed by atoms with Gasteiger partial charge in [-0.15, -0.1) is 0 Å². The van der Waals surface area contributed by atoms with Gasteiger partial charge in [-0.1, -0.05) is 6.42 Å². The molecule has 0 radical (unpaired) electrons. The van der Waals surface area contributed by atoms with Crippen molar-refractivity contribution < 1.29 is 9.53 Å². The van der Waals surface area contributed by atoms with Gasteiger partial charge in [0.05, 0.1) is 0 Å². The quantitative estimate of drug-likeness (QED) is 0.578. The molecule has 4 nitrogen and oxygen atoms in total. The average molecular weight is 158 g/mol. The van der Waals surface area contributed by atoms with E-state index >= 15 is 0 Å². The number of ether oxygens (including phenoxy) is 1. The van der Waals surface area contributed by atoms with Crippen LogP contribution in [0.3, 0.4) is 0 Å². The van der Waals surface area contributed by atoms with Gasteiger partial charge in [0.1, 0.15) is 6.10 Å². The number of primary amides is 1. The average Bonchev–Trinajstić information content (AvgIpc) is 1.93. The number of hydrogen-bond donors (Lipinski definition) is 2. The van der Waals surface area contributed by atoms with Crippen LogP contribution in [-0.2, 0) is 4.74 Å². The fourth-order valence-corrected chi connectivity index (χ4v) is 1.42. The molecule has 0 bridgehead atoms. The minimum atomic E-state index is -0.715. The summed E-state index contributed by atoms with van der Waals surface area (Å²) in [5.41, 5.74) is 10.6. The van der Waals surface area contributed by atoms with Gasteiger partial charge in [-0.25, -0.2) is 4.79 Å². The molecule has 0 aromatic rings. The molecule has 0 spiro atoms. The van der Waals surface area contributed by atoms with Crippen molar-refractivity contribution in [3.63, 3.8) is 0 Å². The molecule has 2 atom stereocenters. The van der Waals surface area contributed by atoms with Crippen LogP contribution in [0.25, 0.3) is 0 Å². The van der Waals surface area contributed by atoms with Crippen LogP contribution in [0, 0.1) is 0 Å². The monoisotopic (exact) mass is 158 g/mol. The van der Waals surface area contributed by atoms with Crippen LogP contribution in [0.5, 0.6) is 0 Å². The minimum absolute atomic E-state index is 0.0174. The molecule has 0 heterocycles. The third kappa shape index (κ3) is 2.38. The Morgan fingerprint density at radius 2 is 2.00 bits per heavy atom. The first-order chi connectivity index (χ1) is 5.20. The third-order valence-electron chi connectivity index (χ3n) is 2.02. The van der Waals surface area contributed by atoms with Crippen LogP contribution in [0.2, 0.25) is 0 Å². The standard InChI is InChI=1S/C7H14N2O2/c8-5-3-1-2-4-6(5)11-7(9)10/h5-6H,1-4,8H2,(H2,9,10)/t5-,6-/m1/s1. The molecular formula is C7H14N2O2. The van der Waals surface area contributed by atoms with Gasteiger partial charge in [0.25, 0.3) is 0 Å². The summed E-state index contributed by atoms with van der Waals surface area (Å²) < 4.78 is 4.82. The summed E-state index contributed by atoms with van der Waals surface area (Å²) in [6, 6.07) is -0.0174. The maximum atomic E-state index is 10.4. The summed E-state index contributed by atoms with van der Waals surface area (Å²) in [4.78, 5) is 10.4. The van der Waals surface area contributed by atoms with E-state index in [2.05, 4.69) is 0 Å². The Bertz CT molecular complexity index is 149. The summed E-state index contributed by atoms with van der Waals surface area (Å²) in [6.07, 6.45) is 3.11. The van der Waals surface area contributed by atoms with Crippen molar-refractivity contribution in [1.82, 2.24) is 0 Å². The molecular weight excluding hydrogens is 144 g/mol. The molecule has 0 aromatic heterocycles. The van der Waals surface area contributed by atoms with Crippen LogP contribution in [0.1, 0.15) is 25.7 Å². The van der Waals surface area contributed by atoms with Crippen LogP contribution < -0.4 is 11.5 Å². The Kier molecular flexibility index (Phi) is 2.70. The van der Waals surface area contributed by atoms with Crippen molar-refractivity contribution in [2.45, 2.75) is 37.8 Å². The molecule has 0 saturated heterocycles. The zero-order valence-corrected chi connectivity index (χ0v) is 6.45. The molecule has 1 aliphatic carbocycles. The SMILES string of the molecule is NC(=O)O[C@@H]1CCCC[C@H]1N. The lowest BCUT2D eigenvalue weighted by molar-refractivity contribution is 0.0695.